The van der Waals surface area contributed by atoms with Gasteiger partial charge in [-0.2, -0.15) is 0 Å². The van der Waals surface area contributed by atoms with Crippen molar-refractivity contribution in [3.8, 4) is 0 Å². The molecule has 1 atom stereocenters. The Labute approximate surface area is 161 Å². The zero-order valence-electron chi connectivity index (χ0n) is 15.2. The van der Waals surface area contributed by atoms with E-state index in [9.17, 15) is 14.0 Å². The van der Waals surface area contributed by atoms with Gasteiger partial charge in [0.1, 0.15) is 16.7 Å². The van der Waals surface area contributed by atoms with Crippen LogP contribution in [0.4, 0.5) is 10.1 Å². The topological polar surface area (TPSA) is 55.4 Å². The van der Waals surface area contributed by atoms with Crippen LogP contribution in [-0.2, 0) is 14.3 Å². The van der Waals surface area contributed by atoms with Gasteiger partial charge < -0.3 is 10.1 Å². The lowest BCUT2D eigenvalue weighted by atomic mass is 10.2. The number of halogens is 2. The Hall–Kier alpha value is -1.08. The molecule has 7 heteroatoms. The summed E-state index contributed by atoms with van der Waals surface area (Å²) in [4.78, 5) is 24.7. The lowest BCUT2D eigenvalue weighted by Gasteiger charge is -2.24. The Morgan fingerprint density at radius 1 is 1.32 bits per heavy atom. The van der Waals surface area contributed by atoms with Crippen LogP contribution in [-0.4, -0.2) is 22.7 Å². The Balaban J connectivity index is 3.05. The third-order valence-corrected chi connectivity index (χ3v) is 5.33. The molecular formula is C18H25BrFNO3S. The van der Waals surface area contributed by atoms with Crippen molar-refractivity contribution in [2.24, 2.45) is 0 Å². The van der Waals surface area contributed by atoms with E-state index in [2.05, 4.69) is 21.2 Å². The number of nitrogens with one attached hydrogen (secondary N) is 1. The zero-order valence-corrected chi connectivity index (χ0v) is 17.6. The molecule has 0 fully saturated rings. The molecule has 0 saturated heterocycles. The van der Waals surface area contributed by atoms with Gasteiger partial charge in [-0.1, -0.05) is 20.3 Å². The van der Waals surface area contributed by atoms with Crippen molar-refractivity contribution in [3.63, 3.8) is 0 Å². The summed E-state index contributed by atoms with van der Waals surface area (Å²) in [6.07, 6.45) is 1.71. The molecule has 0 aromatic heterocycles. The summed E-state index contributed by atoms with van der Waals surface area (Å²) in [6, 6.07) is 2.84. The number of anilines is 1. The molecule has 1 rings (SSSR count). The summed E-state index contributed by atoms with van der Waals surface area (Å²) < 4.78 is 20.1. The molecule has 1 aromatic carbocycles. The van der Waals surface area contributed by atoms with Crippen LogP contribution in [0.15, 0.2) is 21.5 Å². The monoisotopic (exact) mass is 433 g/mol. The number of hydrogen-bond donors (Lipinski definition) is 1. The van der Waals surface area contributed by atoms with E-state index in [1.807, 2.05) is 27.7 Å². The Kier molecular flexibility index (Phi) is 8.41. The van der Waals surface area contributed by atoms with Crippen molar-refractivity contribution in [3.05, 3.63) is 22.4 Å². The fourth-order valence-electron chi connectivity index (χ4n) is 1.96. The standard InChI is InChI=1S/C18H25BrFNO3S/c1-6-8-14(17(23)24-18(3,4)5)25-15-10-13(21-16(22)7-2)12(20)9-11(15)19/h9-10,14H,6-8H2,1-5H3,(H,21,22). The molecule has 140 valence electrons. The van der Waals surface area contributed by atoms with Crippen LogP contribution in [0.2, 0.25) is 0 Å². The molecular weight excluding hydrogens is 409 g/mol. The maximum Gasteiger partial charge on any atom is 0.319 e. The summed E-state index contributed by atoms with van der Waals surface area (Å²) >= 11 is 4.64. The van der Waals surface area contributed by atoms with Gasteiger partial charge in [0.2, 0.25) is 5.91 Å². The van der Waals surface area contributed by atoms with Crippen molar-refractivity contribution in [2.75, 3.05) is 5.32 Å². The van der Waals surface area contributed by atoms with E-state index in [0.717, 1.165) is 6.42 Å². The molecule has 0 bridgehead atoms. The van der Waals surface area contributed by atoms with E-state index in [4.69, 9.17) is 4.74 Å². The van der Waals surface area contributed by atoms with Crippen molar-refractivity contribution in [2.45, 2.75) is 69.6 Å². The average Bonchev–Trinajstić information content (AvgIpc) is 2.49. The van der Waals surface area contributed by atoms with Crippen molar-refractivity contribution >= 4 is 45.3 Å². The minimum absolute atomic E-state index is 0.108. The third-order valence-electron chi connectivity index (χ3n) is 3.11. The van der Waals surface area contributed by atoms with E-state index in [-0.39, 0.29) is 24.0 Å². The van der Waals surface area contributed by atoms with Crippen LogP contribution < -0.4 is 5.32 Å². The van der Waals surface area contributed by atoms with Crippen LogP contribution in [0.1, 0.15) is 53.9 Å². The summed E-state index contributed by atoms with van der Waals surface area (Å²) in [5.41, 5.74) is -0.457. The summed E-state index contributed by atoms with van der Waals surface area (Å²) in [5.74, 6) is -1.09. The zero-order chi connectivity index (χ0) is 19.2. The molecule has 4 nitrogen and oxygen atoms in total. The number of hydrogen-bond acceptors (Lipinski definition) is 4. The molecule has 0 spiro atoms. The predicted octanol–water partition coefficient (Wildman–Crippen LogP) is 5.54. The highest BCUT2D eigenvalue weighted by molar-refractivity contribution is 9.10. The van der Waals surface area contributed by atoms with Crippen LogP contribution in [0.5, 0.6) is 0 Å². The molecule has 1 amide bonds. The van der Waals surface area contributed by atoms with E-state index in [0.29, 0.717) is 15.8 Å². The van der Waals surface area contributed by atoms with Gasteiger partial charge >= 0.3 is 5.97 Å². The molecule has 1 unspecified atom stereocenters. The number of ether oxygens (including phenoxy) is 1. The molecule has 0 aliphatic heterocycles. The number of amides is 1. The number of thioether (sulfide) groups is 1. The first-order valence-electron chi connectivity index (χ1n) is 8.25. The molecule has 0 saturated carbocycles. The average molecular weight is 434 g/mol. The maximum atomic E-state index is 14.0. The minimum Gasteiger partial charge on any atom is -0.459 e. The molecule has 1 aromatic rings. The maximum absolute atomic E-state index is 14.0. The second-order valence-electron chi connectivity index (χ2n) is 6.59. The Morgan fingerprint density at radius 3 is 2.48 bits per heavy atom. The minimum atomic E-state index is -0.566. The highest BCUT2D eigenvalue weighted by Crippen LogP contribution is 2.36. The van der Waals surface area contributed by atoms with E-state index >= 15 is 0 Å². The Morgan fingerprint density at radius 2 is 1.96 bits per heavy atom. The summed E-state index contributed by atoms with van der Waals surface area (Å²) in [6.45, 7) is 9.16. The fourth-order valence-corrected chi connectivity index (χ4v) is 3.72. The third kappa shape index (κ3) is 7.36. The second kappa shape index (κ2) is 9.57. The SMILES string of the molecule is CCCC(Sc1cc(NC(=O)CC)c(F)cc1Br)C(=O)OC(C)(C)C. The van der Waals surface area contributed by atoms with Gasteiger partial charge in [-0.15, -0.1) is 11.8 Å². The molecule has 0 heterocycles. The van der Waals surface area contributed by atoms with Crippen LogP contribution in [0, 0.1) is 5.82 Å². The van der Waals surface area contributed by atoms with Gasteiger partial charge in [0.15, 0.2) is 0 Å². The first kappa shape index (κ1) is 22.0. The first-order chi connectivity index (χ1) is 11.6. The summed E-state index contributed by atoms with van der Waals surface area (Å²) in [5, 5.41) is 2.13. The summed E-state index contributed by atoms with van der Waals surface area (Å²) in [7, 11) is 0. The van der Waals surface area contributed by atoms with E-state index in [1.54, 1.807) is 13.0 Å². The van der Waals surface area contributed by atoms with Gasteiger partial charge in [-0.3, -0.25) is 9.59 Å². The molecule has 0 radical (unpaired) electrons. The van der Waals surface area contributed by atoms with Crippen molar-refractivity contribution in [1.82, 2.24) is 0 Å². The smallest absolute Gasteiger partial charge is 0.319 e. The number of benzene rings is 1. The predicted molar refractivity (Wildman–Crippen MR) is 103 cm³/mol. The highest BCUT2D eigenvalue weighted by atomic mass is 79.9. The van der Waals surface area contributed by atoms with Crippen LogP contribution >= 0.6 is 27.7 Å². The second-order valence-corrected chi connectivity index (χ2v) is 8.69. The van der Waals surface area contributed by atoms with Gasteiger partial charge in [0.25, 0.3) is 0 Å². The number of carbonyl (C=O) groups is 2. The van der Waals surface area contributed by atoms with Crippen LogP contribution in [0.3, 0.4) is 0 Å². The Bertz CT molecular complexity index is 631. The lowest BCUT2D eigenvalue weighted by molar-refractivity contribution is -0.154. The van der Waals surface area contributed by atoms with Crippen molar-refractivity contribution < 1.29 is 18.7 Å². The first-order valence-corrected chi connectivity index (χ1v) is 9.93. The quantitative estimate of drug-likeness (QED) is 0.452. The van der Waals surface area contributed by atoms with E-state index in [1.165, 1.54) is 17.8 Å². The molecule has 0 aliphatic rings. The van der Waals surface area contributed by atoms with Crippen LogP contribution in [0.25, 0.3) is 0 Å². The number of esters is 1. The van der Waals surface area contributed by atoms with Gasteiger partial charge in [0, 0.05) is 15.8 Å². The lowest BCUT2D eigenvalue weighted by Crippen LogP contribution is -2.30. The van der Waals surface area contributed by atoms with Gasteiger partial charge in [0.05, 0.1) is 5.69 Å². The highest BCUT2D eigenvalue weighted by Gasteiger charge is 2.26. The van der Waals surface area contributed by atoms with Gasteiger partial charge in [-0.05, 0) is 55.3 Å². The number of rotatable bonds is 7. The largest absolute Gasteiger partial charge is 0.459 e. The normalized spacial score (nSPS) is 12.6. The molecule has 25 heavy (non-hydrogen) atoms. The van der Waals surface area contributed by atoms with Crippen molar-refractivity contribution in [1.29, 1.82) is 0 Å². The molecule has 1 N–H and O–H groups in total. The molecule has 0 aliphatic carbocycles. The van der Waals surface area contributed by atoms with E-state index < -0.39 is 16.7 Å². The number of carbonyl (C=O) groups excluding carboxylic acids is 2. The van der Waals surface area contributed by atoms with Gasteiger partial charge in [-0.25, -0.2) is 4.39 Å². The fraction of sp³-hybridized carbons (Fsp3) is 0.556.